The molecule has 4 rings (SSSR count). The van der Waals surface area contributed by atoms with Crippen LogP contribution in [0.4, 0.5) is 5.69 Å². The molecule has 0 aliphatic rings. The lowest BCUT2D eigenvalue weighted by atomic mass is 10.2. The van der Waals surface area contributed by atoms with Crippen LogP contribution >= 0.6 is 23.2 Å². The first-order valence-corrected chi connectivity index (χ1v) is 12.9. The van der Waals surface area contributed by atoms with Crippen LogP contribution in [0.25, 0.3) is 16.7 Å². The number of benzene rings is 2. The monoisotopic (exact) mass is 548 g/mol. The second-order valence-electron chi connectivity index (χ2n) is 8.91. The Balaban J connectivity index is 1.80. The predicted octanol–water partition coefficient (Wildman–Crippen LogP) is 4.56. The van der Waals surface area contributed by atoms with Crippen LogP contribution in [0.1, 0.15) is 20.8 Å². The minimum Gasteiger partial charge on any atom is -0.459 e. The van der Waals surface area contributed by atoms with Gasteiger partial charge in [0.1, 0.15) is 12.1 Å². The molecule has 9 nitrogen and oxygen atoms in total. The number of fused-ring (bicyclic) bond motifs is 1. The van der Waals surface area contributed by atoms with E-state index < -0.39 is 28.1 Å². The molecule has 0 aliphatic heterocycles. The lowest BCUT2D eigenvalue weighted by Crippen LogP contribution is -2.39. The van der Waals surface area contributed by atoms with Gasteiger partial charge in [-0.3, -0.25) is 18.5 Å². The normalized spacial score (nSPS) is 12.0. The molecule has 0 unspecified atom stereocenters. The summed E-state index contributed by atoms with van der Waals surface area (Å²) in [5.41, 5.74) is -0.201. The molecule has 2 aromatic carbocycles. The molecule has 2 heterocycles. The molecule has 0 radical (unpaired) electrons. The molecular weight excluding hydrogens is 527 g/mol. The Morgan fingerprint density at radius 2 is 1.75 bits per heavy atom. The third-order valence-corrected chi connectivity index (χ3v) is 7.18. The van der Waals surface area contributed by atoms with Gasteiger partial charge in [0.15, 0.2) is 5.82 Å². The number of aromatic nitrogens is 3. The number of anilines is 1. The van der Waals surface area contributed by atoms with E-state index in [1.807, 2.05) is 0 Å². The van der Waals surface area contributed by atoms with Gasteiger partial charge in [0, 0.05) is 27.7 Å². The van der Waals surface area contributed by atoms with E-state index in [1.165, 1.54) is 24.3 Å². The Bertz CT molecular complexity index is 1580. The van der Waals surface area contributed by atoms with E-state index in [-0.39, 0.29) is 26.2 Å². The number of ether oxygens (including phenoxy) is 1. The Labute approximate surface area is 217 Å². The lowest BCUT2D eigenvalue weighted by molar-refractivity contribution is -0.152. The molecule has 36 heavy (non-hydrogen) atoms. The van der Waals surface area contributed by atoms with Crippen molar-refractivity contribution >= 4 is 55.8 Å². The Kier molecular flexibility index (Phi) is 6.87. The zero-order valence-electron chi connectivity index (χ0n) is 19.5. The van der Waals surface area contributed by atoms with E-state index in [1.54, 1.807) is 61.9 Å². The summed E-state index contributed by atoms with van der Waals surface area (Å²) in [5, 5.41) is 7.36. The largest absolute Gasteiger partial charge is 0.459 e. The van der Waals surface area contributed by atoms with Crippen LogP contribution in [0.2, 0.25) is 10.0 Å². The number of carbonyl (C=O) groups is 1. The number of aromatic amines is 1. The fourth-order valence-corrected chi connectivity index (χ4v) is 5.70. The number of carbonyl (C=O) groups excluding carboxylic acids is 1. The van der Waals surface area contributed by atoms with Crippen LogP contribution in [-0.4, -0.2) is 41.3 Å². The fourth-order valence-electron chi connectivity index (χ4n) is 3.57. The summed E-state index contributed by atoms with van der Waals surface area (Å²) in [7, 11) is -4.26. The number of H-pyrrole nitrogens is 1. The molecule has 0 fully saturated rings. The first-order valence-electron chi connectivity index (χ1n) is 10.7. The minimum absolute atomic E-state index is 0.138. The molecular formula is C24H22Cl2N4O5S. The smallest absolute Gasteiger partial charge is 0.327 e. The van der Waals surface area contributed by atoms with Gasteiger partial charge in [0.05, 0.1) is 16.1 Å². The summed E-state index contributed by atoms with van der Waals surface area (Å²) in [6, 6.07) is 13.5. The zero-order valence-corrected chi connectivity index (χ0v) is 21.9. The molecule has 1 N–H and O–H groups in total. The first-order chi connectivity index (χ1) is 16.8. The van der Waals surface area contributed by atoms with E-state index in [9.17, 15) is 18.0 Å². The number of halogens is 2. The maximum absolute atomic E-state index is 13.7. The minimum atomic E-state index is -4.26. The van der Waals surface area contributed by atoms with Gasteiger partial charge in [-0.05, 0) is 69.3 Å². The average Bonchev–Trinajstić information content (AvgIpc) is 3.19. The van der Waals surface area contributed by atoms with E-state index in [2.05, 4.69) is 10.2 Å². The number of rotatable bonds is 6. The number of nitrogens with one attached hydrogen (secondary N) is 1. The van der Waals surface area contributed by atoms with Crippen LogP contribution in [0.3, 0.4) is 0 Å². The van der Waals surface area contributed by atoms with Gasteiger partial charge in [-0.15, -0.1) is 0 Å². The molecule has 12 heteroatoms. The van der Waals surface area contributed by atoms with E-state index in [0.29, 0.717) is 16.7 Å². The number of hydrogen-bond donors (Lipinski definition) is 1. The fraction of sp³-hybridized carbons (Fsp3) is 0.208. The predicted molar refractivity (Wildman–Crippen MR) is 139 cm³/mol. The van der Waals surface area contributed by atoms with Crippen LogP contribution in [0.5, 0.6) is 0 Å². The van der Waals surface area contributed by atoms with Crippen molar-refractivity contribution in [3.8, 4) is 5.82 Å². The molecule has 0 saturated heterocycles. The second-order valence-corrected chi connectivity index (χ2v) is 11.6. The topological polar surface area (TPSA) is 114 Å². The van der Waals surface area contributed by atoms with Crippen LogP contribution in [0.15, 0.2) is 70.5 Å². The number of sulfonamides is 1. The number of esters is 1. The second kappa shape index (κ2) is 9.61. The highest BCUT2D eigenvalue weighted by atomic mass is 35.5. The van der Waals surface area contributed by atoms with Gasteiger partial charge < -0.3 is 4.74 Å². The standard InChI is InChI=1S/C24H22Cl2N4O5S/c1-24(2,3)35-23(32)14-30(36(33,34)19-12-16(25)11-17(26)13-19)18-4-5-20-15(10-18)8-9-29(20)21-6-7-22(31)28-27-21/h4-13H,14H2,1-3H3,(H,28,31). The van der Waals surface area contributed by atoms with Gasteiger partial charge in [-0.25, -0.2) is 13.5 Å². The van der Waals surface area contributed by atoms with Crippen molar-refractivity contribution in [3.63, 3.8) is 0 Å². The molecule has 2 aromatic heterocycles. The molecule has 0 atom stereocenters. The van der Waals surface area contributed by atoms with Crippen molar-refractivity contribution in [1.82, 2.24) is 14.8 Å². The van der Waals surface area contributed by atoms with Gasteiger partial charge in [-0.1, -0.05) is 23.2 Å². The summed E-state index contributed by atoms with van der Waals surface area (Å²) in [6.07, 6.45) is 1.73. The van der Waals surface area contributed by atoms with Crippen molar-refractivity contribution in [2.45, 2.75) is 31.3 Å². The molecule has 188 valence electrons. The third-order valence-electron chi connectivity index (χ3n) is 4.99. The Morgan fingerprint density at radius 3 is 2.36 bits per heavy atom. The van der Waals surface area contributed by atoms with Crippen LogP contribution in [-0.2, 0) is 19.6 Å². The summed E-state index contributed by atoms with van der Waals surface area (Å²) in [4.78, 5) is 23.9. The highest BCUT2D eigenvalue weighted by Gasteiger charge is 2.30. The highest BCUT2D eigenvalue weighted by molar-refractivity contribution is 7.92. The van der Waals surface area contributed by atoms with Crippen LogP contribution in [0, 0.1) is 0 Å². The molecule has 0 amide bonds. The summed E-state index contributed by atoms with van der Waals surface area (Å²) >= 11 is 12.1. The van der Waals surface area contributed by atoms with Gasteiger partial charge in [0.2, 0.25) is 0 Å². The highest BCUT2D eigenvalue weighted by Crippen LogP contribution is 2.31. The maximum Gasteiger partial charge on any atom is 0.327 e. The molecule has 0 saturated carbocycles. The quantitative estimate of drug-likeness (QED) is 0.353. The van der Waals surface area contributed by atoms with Gasteiger partial charge >= 0.3 is 5.97 Å². The summed E-state index contributed by atoms with van der Waals surface area (Å²) < 4.78 is 35.4. The van der Waals surface area contributed by atoms with E-state index >= 15 is 0 Å². The summed E-state index contributed by atoms with van der Waals surface area (Å²) in [5.74, 6) is -0.251. The lowest BCUT2D eigenvalue weighted by Gasteiger charge is -2.26. The number of hydrogen-bond acceptors (Lipinski definition) is 6. The Morgan fingerprint density at radius 1 is 1.06 bits per heavy atom. The molecule has 0 spiro atoms. The van der Waals surface area contributed by atoms with Gasteiger partial charge in [0.25, 0.3) is 15.6 Å². The zero-order chi connectivity index (χ0) is 26.3. The van der Waals surface area contributed by atoms with Gasteiger partial charge in [-0.2, -0.15) is 5.10 Å². The third kappa shape index (κ3) is 5.56. The SMILES string of the molecule is CC(C)(C)OC(=O)CN(c1ccc2c(ccn2-c2ccc(=O)[nH]n2)c1)S(=O)(=O)c1cc(Cl)cc(Cl)c1. The average molecular weight is 549 g/mol. The van der Waals surface area contributed by atoms with E-state index in [4.69, 9.17) is 27.9 Å². The van der Waals surface area contributed by atoms with Crippen molar-refractivity contribution < 1.29 is 17.9 Å². The van der Waals surface area contributed by atoms with E-state index in [0.717, 1.165) is 4.31 Å². The molecule has 0 aliphatic carbocycles. The first kappa shape index (κ1) is 25.7. The van der Waals surface area contributed by atoms with Crippen molar-refractivity contribution in [1.29, 1.82) is 0 Å². The van der Waals surface area contributed by atoms with Crippen molar-refractivity contribution in [2.24, 2.45) is 0 Å². The molecule has 4 aromatic rings. The van der Waals surface area contributed by atoms with Crippen molar-refractivity contribution in [2.75, 3.05) is 10.8 Å². The Hall–Kier alpha value is -3.34. The van der Waals surface area contributed by atoms with Crippen LogP contribution < -0.4 is 9.86 Å². The van der Waals surface area contributed by atoms with Crippen molar-refractivity contribution in [3.05, 3.63) is 81.2 Å². The maximum atomic E-state index is 13.7. The number of nitrogens with zero attached hydrogens (tertiary/aromatic N) is 3. The summed E-state index contributed by atoms with van der Waals surface area (Å²) in [6.45, 7) is 4.51. The molecule has 0 bridgehead atoms.